The summed E-state index contributed by atoms with van der Waals surface area (Å²) < 4.78 is 13.2. The Labute approximate surface area is 97.6 Å². The van der Waals surface area contributed by atoms with Crippen LogP contribution in [0.3, 0.4) is 0 Å². The fourth-order valence-corrected chi connectivity index (χ4v) is 1.36. The van der Waals surface area contributed by atoms with Crippen LogP contribution in [-0.4, -0.2) is 11.7 Å². The molecule has 1 amide bonds. The maximum atomic E-state index is 13.2. The topological polar surface area (TPSA) is 46.2 Å². The van der Waals surface area contributed by atoms with Crippen molar-refractivity contribution in [2.24, 2.45) is 0 Å². The largest absolute Gasteiger partial charge is 0.352 e. The molecule has 0 radical (unpaired) electrons. The Morgan fingerprint density at radius 1 is 1.44 bits per heavy atom. The van der Waals surface area contributed by atoms with Crippen LogP contribution in [0.25, 0.3) is 0 Å². The number of nitrogens with one attached hydrogen (secondary N) is 1. The van der Waals surface area contributed by atoms with Crippen LogP contribution in [0.4, 0.5) is 4.39 Å². The summed E-state index contributed by atoms with van der Waals surface area (Å²) in [4.78, 5) is 21.8. The van der Waals surface area contributed by atoms with E-state index in [-0.39, 0.29) is 18.7 Å². The second-order valence-electron chi connectivity index (χ2n) is 3.39. The molecule has 1 rings (SSSR count). The van der Waals surface area contributed by atoms with Gasteiger partial charge in [-0.05, 0) is 25.1 Å². The Bertz CT molecular complexity index is 420. The van der Waals surface area contributed by atoms with Gasteiger partial charge in [0, 0.05) is 17.1 Å². The summed E-state index contributed by atoms with van der Waals surface area (Å²) in [5.41, 5.74) is 0.296. The lowest BCUT2D eigenvalue weighted by atomic mass is 10.2. The molecule has 0 unspecified atom stereocenters. The summed E-state index contributed by atoms with van der Waals surface area (Å²) in [6, 6.07) is 4.09. The summed E-state index contributed by atoms with van der Waals surface area (Å²) >= 11 is 5.68. The van der Waals surface area contributed by atoms with E-state index in [9.17, 15) is 14.0 Å². The van der Waals surface area contributed by atoms with Gasteiger partial charge < -0.3 is 5.32 Å². The number of rotatable bonds is 4. The number of halogens is 2. The van der Waals surface area contributed by atoms with E-state index in [1.165, 1.54) is 25.1 Å². The zero-order chi connectivity index (χ0) is 12.1. The van der Waals surface area contributed by atoms with Crippen molar-refractivity contribution in [3.63, 3.8) is 0 Å². The van der Waals surface area contributed by atoms with Gasteiger partial charge in [-0.3, -0.25) is 9.59 Å². The van der Waals surface area contributed by atoms with E-state index < -0.39 is 11.7 Å². The molecule has 0 aliphatic heterocycles. The van der Waals surface area contributed by atoms with E-state index in [1.54, 1.807) is 0 Å². The van der Waals surface area contributed by atoms with Crippen molar-refractivity contribution in [1.82, 2.24) is 5.32 Å². The molecule has 16 heavy (non-hydrogen) atoms. The summed E-state index contributed by atoms with van der Waals surface area (Å²) in [6.07, 6.45) is -0.192. The minimum absolute atomic E-state index is 0.0263. The highest BCUT2D eigenvalue weighted by Gasteiger charge is 2.07. The quantitative estimate of drug-likeness (QED) is 0.823. The number of hydrogen-bond acceptors (Lipinski definition) is 2. The van der Waals surface area contributed by atoms with Crippen LogP contribution >= 0.6 is 11.6 Å². The predicted octanol–water partition coefficient (Wildman–Crippen LogP) is 2.07. The Balaban J connectivity index is 2.57. The first-order valence-corrected chi connectivity index (χ1v) is 5.07. The van der Waals surface area contributed by atoms with Gasteiger partial charge in [0.1, 0.15) is 11.6 Å². The van der Waals surface area contributed by atoms with Crippen molar-refractivity contribution >= 4 is 23.3 Å². The van der Waals surface area contributed by atoms with E-state index in [0.717, 1.165) is 0 Å². The average Bonchev–Trinajstić information content (AvgIpc) is 2.18. The minimum atomic E-state index is -0.437. The highest BCUT2D eigenvalue weighted by molar-refractivity contribution is 6.30. The monoisotopic (exact) mass is 243 g/mol. The van der Waals surface area contributed by atoms with Gasteiger partial charge in [-0.2, -0.15) is 0 Å². The normalized spacial score (nSPS) is 9.94. The summed E-state index contributed by atoms with van der Waals surface area (Å²) in [7, 11) is 0. The molecule has 0 bridgehead atoms. The molecule has 1 aromatic rings. The van der Waals surface area contributed by atoms with Crippen molar-refractivity contribution in [2.75, 3.05) is 0 Å². The van der Waals surface area contributed by atoms with E-state index in [4.69, 9.17) is 11.6 Å². The number of amides is 1. The van der Waals surface area contributed by atoms with Gasteiger partial charge in [-0.15, -0.1) is 0 Å². The third kappa shape index (κ3) is 3.98. The molecule has 3 nitrogen and oxygen atoms in total. The van der Waals surface area contributed by atoms with Crippen LogP contribution in [0.5, 0.6) is 0 Å². The lowest BCUT2D eigenvalue weighted by Gasteiger charge is -2.05. The van der Waals surface area contributed by atoms with Crippen molar-refractivity contribution in [3.8, 4) is 0 Å². The molecule has 5 heteroatoms. The minimum Gasteiger partial charge on any atom is -0.352 e. The summed E-state index contributed by atoms with van der Waals surface area (Å²) in [5, 5.41) is 2.84. The SMILES string of the molecule is CC(=O)CC(=O)NCc1cc(Cl)ccc1F. The van der Waals surface area contributed by atoms with E-state index >= 15 is 0 Å². The van der Waals surface area contributed by atoms with E-state index in [0.29, 0.717) is 10.6 Å². The number of carbonyl (C=O) groups is 2. The zero-order valence-corrected chi connectivity index (χ0v) is 9.47. The molecular formula is C11H11ClFNO2. The van der Waals surface area contributed by atoms with Gasteiger partial charge in [0.25, 0.3) is 0 Å². The second-order valence-corrected chi connectivity index (χ2v) is 3.83. The number of benzene rings is 1. The van der Waals surface area contributed by atoms with Crippen molar-refractivity contribution in [1.29, 1.82) is 0 Å². The molecular weight excluding hydrogens is 233 g/mol. The number of carbonyl (C=O) groups excluding carboxylic acids is 2. The smallest absolute Gasteiger partial charge is 0.227 e. The van der Waals surface area contributed by atoms with Crippen LogP contribution in [0.2, 0.25) is 5.02 Å². The van der Waals surface area contributed by atoms with Crippen LogP contribution in [0.15, 0.2) is 18.2 Å². The molecule has 0 aromatic heterocycles. The van der Waals surface area contributed by atoms with Gasteiger partial charge in [0.05, 0.1) is 6.42 Å². The van der Waals surface area contributed by atoms with E-state index in [2.05, 4.69) is 5.32 Å². The fraction of sp³-hybridized carbons (Fsp3) is 0.273. The Morgan fingerprint density at radius 3 is 2.75 bits per heavy atom. The molecule has 0 fully saturated rings. The second kappa shape index (κ2) is 5.61. The molecule has 0 saturated heterocycles. The van der Waals surface area contributed by atoms with Gasteiger partial charge in [0.15, 0.2) is 0 Å². The molecule has 0 atom stereocenters. The third-order valence-electron chi connectivity index (χ3n) is 1.89. The Hall–Kier alpha value is -1.42. The molecule has 1 aromatic carbocycles. The fourth-order valence-electron chi connectivity index (χ4n) is 1.16. The maximum Gasteiger partial charge on any atom is 0.227 e. The first kappa shape index (κ1) is 12.6. The maximum absolute atomic E-state index is 13.2. The third-order valence-corrected chi connectivity index (χ3v) is 2.13. The Kier molecular flexibility index (Phi) is 4.43. The van der Waals surface area contributed by atoms with Crippen molar-refractivity contribution in [2.45, 2.75) is 19.9 Å². The van der Waals surface area contributed by atoms with E-state index in [1.807, 2.05) is 0 Å². The lowest BCUT2D eigenvalue weighted by molar-refractivity contribution is -0.127. The predicted molar refractivity (Wildman–Crippen MR) is 58.6 cm³/mol. The molecule has 0 spiro atoms. The van der Waals surface area contributed by atoms with Crippen LogP contribution < -0.4 is 5.32 Å². The molecule has 1 N–H and O–H groups in total. The Morgan fingerprint density at radius 2 is 2.12 bits per heavy atom. The van der Waals surface area contributed by atoms with Gasteiger partial charge >= 0.3 is 0 Å². The van der Waals surface area contributed by atoms with Crippen LogP contribution in [0.1, 0.15) is 18.9 Å². The first-order chi connectivity index (χ1) is 7.49. The highest BCUT2D eigenvalue weighted by atomic mass is 35.5. The average molecular weight is 244 g/mol. The number of Topliss-reactive ketones (excluding diaryl/α,β-unsaturated/α-hetero) is 1. The molecule has 86 valence electrons. The summed E-state index contributed by atoms with van der Waals surface area (Å²) in [6.45, 7) is 1.35. The van der Waals surface area contributed by atoms with Gasteiger partial charge in [0.2, 0.25) is 5.91 Å². The zero-order valence-electron chi connectivity index (χ0n) is 8.72. The lowest BCUT2D eigenvalue weighted by Crippen LogP contribution is -2.24. The molecule has 0 aliphatic rings. The standard InChI is InChI=1S/C11H11ClFNO2/c1-7(15)4-11(16)14-6-8-5-9(12)2-3-10(8)13/h2-3,5H,4,6H2,1H3,(H,14,16). The first-order valence-electron chi connectivity index (χ1n) is 4.69. The van der Waals surface area contributed by atoms with Crippen LogP contribution in [-0.2, 0) is 16.1 Å². The number of hydrogen-bond donors (Lipinski definition) is 1. The highest BCUT2D eigenvalue weighted by Crippen LogP contribution is 2.14. The van der Waals surface area contributed by atoms with Crippen LogP contribution in [0, 0.1) is 5.82 Å². The molecule has 0 saturated carbocycles. The van der Waals surface area contributed by atoms with Crippen molar-refractivity contribution < 1.29 is 14.0 Å². The van der Waals surface area contributed by atoms with Gasteiger partial charge in [-0.1, -0.05) is 11.6 Å². The number of ketones is 1. The van der Waals surface area contributed by atoms with Gasteiger partial charge in [-0.25, -0.2) is 4.39 Å². The molecule has 0 heterocycles. The van der Waals surface area contributed by atoms with Crippen molar-refractivity contribution in [3.05, 3.63) is 34.6 Å². The molecule has 0 aliphatic carbocycles. The summed E-state index contributed by atoms with van der Waals surface area (Å²) in [5.74, 6) is -1.09.